The number of nitrogens with zero attached hydrogens (tertiary/aromatic N) is 1. The molecule has 0 N–H and O–H groups in total. The molecule has 0 aromatic rings. The van der Waals surface area contributed by atoms with Gasteiger partial charge in [0, 0.05) is 6.54 Å². The molecule has 1 saturated heterocycles. The van der Waals surface area contributed by atoms with Gasteiger partial charge in [0.2, 0.25) is 5.91 Å². The fourth-order valence-corrected chi connectivity index (χ4v) is 1.85. The maximum atomic E-state index is 11.8. The number of esters is 1. The number of carbonyl (C=O) groups is 2. The number of rotatable bonds is 3. The molecule has 0 aromatic heterocycles. The molecule has 0 bridgehead atoms. The van der Waals surface area contributed by atoms with Crippen molar-refractivity contribution in [3.63, 3.8) is 0 Å². The zero-order chi connectivity index (χ0) is 11.4. The van der Waals surface area contributed by atoms with E-state index in [-0.39, 0.29) is 17.8 Å². The average Bonchev–Trinajstić information content (AvgIpc) is 2.74. The first kappa shape index (κ1) is 12.1. The Kier molecular flexibility index (Phi) is 4.20. The van der Waals surface area contributed by atoms with Crippen LogP contribution in [0, 0.1) is 5.92 Å². The zero-order valence-electron chi connectivity index (χ0n) is 8.93. The number of likely N-dealkylation sites (tertiary alicyclic amines) is 1. The predicted octanol–water partition coefficient (Wildman–Crippen LogP) is 0.786. The van der Waals surface area contributed by atoms with Crippen molar-refractivity contribution in [1.82, 2.24) is 4.90 Å². The van der Waals surface area contributed by atoms with E-state index in [0.717, 1.165) is 6.42 Å². The van der Waals surface area contributed by atoms with Crippen LogP contribution in [0.2, 0.25) is 0 Å². The maximum Gasteiger partial charge on any atom is 0.328 e. The monoisotopic (exact) mass is 229 g/mol. The van der Waals surface area contributed by atoms with Crippen molar-refractivity contribution < 1.29 is 14.3 Å². The molecule has 1 heterocycles. The van der Waals surface area contributed by atoms with Crippen molar-refractivity contribution in [2.45, 2.75) is 25.8 Å². The summed E-state index contributed by atoms with van der Waals surface area (Å²) in [5.41, 5.74) is 0. The summed E-state index contributed by atoms with van der Waals surface area (Å²) >= 11 is 4.73. The molecule has 0 aromatic carbocycles. The zero-order valence-corrected chi connectivity index (χ0v) is 9.75. The average molecular weight is 229 g/mol. The number of carbonyl (C=O) groups excluding carboxylic acids is 2. The second-order valence-corrected chi connectivity index (χ2v) is 3.91. The van der Waals surface area contributed by atoms with Gasteiger partial charge in [-0.1, -0.05) is 12.2 Å². The topological polar surface area (TPSA) is 46.6 Å². The molecule has 1 aliphatic heterocycles. The highest BCUT2D eigenvalue weighted by Gasteiger charge is 2.35. The van der Waals surface area contributed by atoms with Crippen LogP contribution in [0.1, 0.15) is 19.8 Å². The van der Waals surface area contributed by atoms with Crippen LogP contribution < -0.4 is 0 Å². The normalized spacial score (nSPS) is 22.3. The van der Waals surface area contributed by atoms with E-state index in [0.29, 0.717) is 13.0 Å². The lowest BCUT2D eigenvalue weighted by molar-refractivity contribution is -0.151. The smallest absolute Gasteiger partial charge is 0.328 e. The third-order valence-electron chi connectivity index (χ3n) is 2.60. The third kappa shape index (κ3) is 2.53. The van der Waals surface area contributed by atoms with Gasteiger partial charge in [0.1, 0.15) is 6.04 Å². The highest BCUT2D eigenvalue weighted by atomic mass is 32.1. The Morgan fingerprint density at radius 2 is 2.27 bits per heavy atom. The molecular formula is C10H15NO3S. The van der Waals surface area contributed by atoms with Crippen LogP contribution in [-0.4, -0.2) is 41.8 Å². The van der Waals surface area contributed by atoms with Gasteiger partial charge in [0.15, 0.2) is 0 Å². The summed E-state index contributed by atoms with van der Waals surface area (Å²) in [7, 11) is 1.34. The number of methoxy groups -OCH3 is 1. The first-order valence-electron chi connectivity index (χ1n) is 4.95. The van der Waals surface area contributed by atoms with Crippen LogP contribution in [0.3, 0.4) is 0 Å². The number of amides is 1. The van der Waals surface area contributed by atoms with E-state index >= 15 is 0 Å². The summed E-state index contributed by atoms with van der Waals surface area (Å²) in [6.07, 6.45) is 1.53. The van der Waals surface area contributed by atoms with Crippen molar-refractivity contribution in [1.29, 1.82) is 0 Å². The molecule has 1 fully saturated rings. The number of hydrogen-bond donors (Lipinski definition) is 0. The minimum atomic E-state index is -0.417. The summed E-state index contributed by atoms with van der Waals surface area (Å²) in [4.78, 5) is 24.8. The summed E-state index contributed by atoms with van der Waals surface area (Å²) in [6.45, 7) is 2.36. The molecule has 1 aliphatic rings. The van der Waals surface area contributed by atoms with Crippen LogP contribution in [0.5, 0.6) is 0 Å². The molecule has 0 aliphatic carbocycles. The van der Waals surface area contributed by atoms with Gasteiger partial charge in [0.25, 0.3) is 0 Å². The molecule has 1 rings (SSSR count). The van der Waals surface area contributed by atoms with Gasteiger partial charge in [-0.15, -0.1) is 0 Å². The lowest BCUT2D eigenvalue weighted by Crippen LogP contribution is -2.43. The van der Waals surface area contributed by atoms with Crippen LogP contribution >= 0.6 is 12.2 Å². The van der Waals surface area contributed by atoms with Crippen molar-refractivity contribution in [3.05, 3.63) is 0 Å². The summed E-state index contributed by atoms with van der Waals surface area (Å²) in [6, 6.07) is -0.417. The minimum absolute atomic E-state index is 0.0853. The number of hydrogen-bond acceptors (Lipinski definition) is 4. The SMILES string of the molecule is COC(=O)[C@@H]1CCCN1C(=O)C(C)C=S. The largest absolute Gasteiger partial charge is 0.467 e. The molecule has 15 heavy (non-hydrogen) atoms. The highest BCUT2D eigenvalue weighted by Crippen LogP contribution is 2.20. The van der Waals surface area contributed by atoms with E-state index < -0.39 is 6.04 Å². The maximum absolute atomic E-state index is 11.8. The Morgan fingerprint density at radius 1 is 1.60 bits per heavy atom. The number of ether oxygens (including phenoxy) is 1. The molecule has 4 nitrogen and oxygen atoms in total. The molecule has 2 atom stereocenters. The number of thiocarbonyl (C=S) groups is 1. The first-order valence-corrected chi connectivity index (χ1v) is 5.42. The molecular weight excluding hydrogens is 214 g/mol. The van der Waals surface area contributed by atoms with Gasteiger partial charge in [0.05, 0.1) is 13.0 Å². The fraction of sp³-hybridized carbons (Fsp3) is 0.700. The Morgan fingerprint density at radius 3 is 2.80 bits per heavy atom. The first-order chi connectivity index (χ1) is 7.11. The lowest BCUT2D eigenvalue weighted by Gasteiger charge is -2.24. The quantitative estimate of drug-likeness (QED) is 0.530. The summed E-state index contributed by atoms with van der Waals surface area (Å²) in [5, 5.41) is 1.43. The van der Waals surface area contributed by atoms with E-state index in [9.17, 15) is 9.59 Å². The molecule has 1 amide bonds. The lowest BCUT2D eigenvalue weighted by atomic mass is 10.1. The third-order valence-corrected chi connectivity index (χ3v) is 3.01. The standard InChI is InChI=1S/C10H15NO3S/c1-7(6-15)9(12)11-5-3-4-8(11)10(13)14-2/h6-8H,3-5H2,1-2H3/t7?,8-/m0/s1. The summed E-state index contributed by atoms with van der Waals surface area (Å²) < 4.78 is 4.66. The van der Waals surface area contributed by atoms with E-state index in [1.54, 1.807) is 11.8 Å². The van der Waals surface area contributed by atoms with Crippen LogP contribution in [0.4, 0.5) is 0 Å². The molecule has 5 heteroatoms. The summed E-state index contributed by atoms with van der Waals surface area (Å²) in [5.74, 6) is -0.736. The molecule has 0 saturated carbocycles. The van der Waals surface area contributed by atoms with Gasteiger partial charge < -0.3 is 9.64 Å². The minimum Gasteiger partial charge on any atom is -0.467 e. The van der Waals surface area contributed by atoms with Gasteiger partial charge in [-0.3, -0.25) is 4.79 Å². The van der Waals surface area contributed by atoms with Gasteiger partial charge in [-0.2, -0.15) is 0 Å². The van der Waals surface area contributed by atoms with Gasteiger partial charge in [-0.05, 0) is 25.1 Å². The van der Waals surface area contributed by atoms with E-state index in [4.69, 9.17) is 12.2 Å². The van der Waals surface area contributed by atoms with Gasteiger partial charge >= 0.3 is 5.97 Å². The van der Waals surface area contributed by atoms with E-state index in [2.05, 4.69) is 4.74 Å². The Balaban J connectivity index is 2.72. The second kappa shape index (κ2) is 5.21. The van der Waals surface area contributed by atoms with Crippen molar-refractivity contribution >= 4 is 29.5 Å². The Hall–Kier alpha value is -0.970. The molecule has 1 unspecified atom stereocenters. The van der Waals surface area contributed by atoms with Crippen molar-refractivity contribution in [2.24, 2.45) is 5.92 Å². The molecule has 0 radical (unpaired) electrons. The van der Waals surface area contributed by atoms with E-state index in [1.807, 2.05) is 0 Å². The molecule has 84 valence electrons. The van der Waals surface area contributed by atoms with Gasteiger partial charge in [-0.25, -0.2) is 4.79 Å². The predicted molar refractivity (Wildman–Crippen MR) is 59.6 cm³/mol. The second-order valence-electron chi connectivity index (χ2n) is 3.64. The fourth-order valence-electron chi connectivity index (χ4n) is 1.73. The van der Waals surface area contributed by atoms with Crippen LogP contribution in [0.15, 0.2) is 0 Å². The van der Waals surface area contributed by atoms with Crippen LogP contribution in [0.25, 0.3) is 0 Å². The highest BCUT2D eigenvalue weighted by molar-refractivity contribution is 7.79. The van der Waals surface area contributed by atoms with Crippen LogP contribution in [-0.2, 0) is 14.3 Å². The Labute approximate surface area is 94.6 Å². The Bertz CT molecular complexity index is 280. The van der Waals surface area contributed by atoms with Crippen molar-refractivity contribution in [2.75, 3.05) is 13.7 Å². The molecule has 0 spiro atoms. The van der Waals surface area contributed by atoms with Crippen molar-refractivity contribution in [3.8, 4) is 0 Å². The van der Waals surface area contributed by atoms with E-state index in [1.165, 1.54) is 12.5 Å².